The molecule has 0 aliphatic heterocycles. The van der Waals surface area contributed by atoms with Crippen molar-refractivity contribution in [1.29, 1.82) is 0 Å². The number of aromatic nitrogens is 1. The van der Waals surface area contributed by atoms with Crippen molar-refractivity contribution < 1.29 is 4.79 Å². The molecule has 1 unspecified atom stereocenters. The van der Waals surface area contributed by atoms with Gasteiger partial charge in [-0.15, -0.1) is 0 Å². The van der Waals surface area contributed by atoms with Crippen molar-refractivity contribution in [2.45, 2.75) is 19.3 Å². The minimum atomic E-state index is -0.164. The van der Waals surface area contributed by atoms with Crippen LogP contribution in [0.25, 0.3) is 0 Å². The first-order chi connectivity index (χ1) is 8.66. The van der Waals surface area contributed by atoms with Gasteiger partial charge in [0.05, 0.1) is 5.56 Å². The maximum atomic E-state index is 12.0. The molecular weight excluding hydrogens is 316 g/mol. The van der Waals surface area contributed by atoms with Crippen LogP contribution >= 0.6 is 27.5 Å². The second kappa shape index (κ2) is 6.34. The molecule has 1 amide bonds. The quantitative estimate of drug-likeness (QED) is 0.680. The Labute approximate surface area is 120 Å². The lowest BCUT2D eigenvalue weighted by Crippen LogP contribution is -2.30. The molecule has 1 N–H and O–H groups in total. The molecule has 0 spiro atoms. The van der Waals surface area contributed by atoms with Crippen molar-refractivity contribution in [2.24, 2.45) is 5.92 Å². The van der Waals surface area contributed by atoms with Crippen molar-refractivity contribution in [1.82, 2.24) is 10.3 Å². The highest BCUT2D eigenvalue weighted by Gasteiger charge is 2.15. The molecule has 1 aliphatic carbocycles. The average Bonchev–Trinajstić information content (AvgIpc) is 2.40. The van der Waals surface area contributed by atoms with Gasteiger partial charge in [-0.1, -0.05) is 23.8 Å². The smallest absolute Gasteiger partial charge is 0.254 e. The minimum absolute atomic E-state index is 0.164. The maximum Gasteiger partial charge on any atom is 0.254 e. The highest BCUT2D eigenvalue weighted by atomic mass is 79.9. The summed E-state index contributed by atoms with van der Waals surface area (Å²) in [6.45, 7) is 0.687. The number of carbonyl (C=O) groups is 1. The Morgan fingerprint density at radius 1 is 1.56 bits per heavy atom. The van der Waals surface area contributed by atoms with E-state index in [4.69, 9.17) is 11.6 Å². The Morgan fingerprint density at radius 3 is 3.11 bits per heavy atom. The number of amides is 1. The zero-order valence-electron chi connectivity index (χ0n) is 9.83. The van der Waals surface area contributed by atoms with Gasteiger partial charge in [-0.2, -0.15) is 0 Å². The topological polar surface area (TPSA) is 42.0 Å². The maximum absolute atomic E-state index is 12.0. The fraction of sp³-hybridized carbons (Fsp3) is 0.385. The summed E-state index contributed by atoms with van der Waals surface area (Å²) in [5.41, 5.74) is 0.414. The fourth-order valence-corrected chi connectivity index (χ4v) is 2.48. The molecular formula is C13H14BrClN2O. The Balaban J connectivity index is 1.95. The van der Waals surface area contributed by atoms with Crippen molar-refractivity contribution in [3.05, 3.63) is 39.6 Å². The summed E-state index contributed by atoms with van der Waals surface area (Å²) in [6.07, 6.45) is 9.19. The van der Waals surface area contributed by atoms with Crippen LogP contribution in [0.1, 0.15) is 29.6 Å². The molecule has 96 valence electrons. The van der Waals surface area contributed by atoms with E-state index < -0.39 is 0 Å². The van der Waals surface area contributed by atoms with Crippen LogP contribution < -0.4 is 5.32 Å². The molecule has 1 heterocycles. The van der Waals surface area contributed by atoms with Crippen molar-refractivity contribution in [3.8, 4) is 0 Å². The number of hydrogen-bond donors (Lipinski definition) is 1. The molecule has 3 nitrogen and oxygen atoms in total. The molecule has 2 rings (SSSR count). The van der Waals surface area contributed by atoms with Crippen molar-refractivity contribution in [3.63, 3.8) is 0 Å². The molecule has 1 aromatic rings. The van der Waals surface area contributed by atoms with Gasteiger partial charge in [-0.3, -0.25) is 4.79 Å². The highest BCUT2D eigenvalue weighted by Crippen LogP contribution is 2.19. The van der Waals surface area contributed by atoms with Crippen molar-refractivity contribution in [2.75, 3.05) is 6.54 Å². The van der Waals surface area contributed by atoms with Gasteiger partial charge in [0.2, 0.25) is 0 Å². The predicted molar refractivity (Wildman–Crippen MR) is 75.8 cm³/mol. The Hall–Kier alpha value is -0.870. The Bertz CT molecular complexity index is 476. The molecule has 0 saturated carbocycles. The lowest BCUT2D eigenvalue weighted by atomic mass is 9.94. The second-order valence-electron chi connectivity index (χ2n) is 4.35. The van der Waals surface area contributed by atoms with Crippen LogP contribution in [0, 0.1) is 5.92 Å². The lowest BCUT2D eigenvalue weighted by Gasteiger charge is -2.18. The van der Waals surface area contributed by atoms with Crippen LogP contribution in [0.4, 0.5) is 0 Å². The number of hydrogen-bond acceptors (Lipinski definition) is 2. The summed E-state index contributed by atoms with van der Waals surface area (Å²) in [5.74, 6) is 0.362. The standard InChI is InChI=1S/C13H14BrClN2O/c14-10-6-11(12(15)16-8-10)13(18)17-7-9-4-2-1-3-5-9/h1-2,6,8-9H,3-5,7H2,(H,17,18). The fourth-order valence-electron chi connectivity index (χ4n) is 1.96. The number of nitrogens with one attached hydrogen (secondary N) is 1. The van der Waals surface area contributed by atoms with E-state index in [-0.39, 0.29) is 11.1 Å². The number of nitrogens with zero attached hydrogens (tertiary/aromatic N) is 1. The summed E-state index contributed by atoms with van der Waals surface area (Å²) in [5, 5.41) is 3.15. The normalized spacial score (nSPS) is 18.7. The van der Waals surface area contributed by atoms with E-state index in [0.717, 1.165) is 23.7 Å². The van der Waals surface area contributed by atoms with Gasteiger partial charge < -0.3 is 5.32 Å². The molecule has 18 heavy (non-hydrogen) atoms. The van der Waals surface area contributed by atoms with Gasteiger partial charge in [0.15, 0.2) is 0 Å². The second-order valence-corrected chi connectivity index (χ2v) is 5.63. The van der Waals surface area contributed by atoms with E-state index in [0.29, 0.717) is 18.0 Å². The van der Waals surface area contributed by atoms with E-state index in [2.05, 4.69) is 38.4 Å². The van der Waals surface area contributed by atoms with E-state index in [1.807, 2.05) is 0 Å². The third kappa shape index (κ3) is 3.56. The number of pyridine rings is 1. The molecule has 0 fully saturated rings. The molecule has 1 aliphatic rings. The van der Waals surface area contributed by atoms with Gasteiger partial charge >= 0.3 is 0 Å². The van der Waals surface area contributed by atoms with E-state index >= 15 is 0 Å². The number of carbonyl (C=O) groups excluding carboxylic acids is 1. The van der Waals surface area contributed by atoms with Gasteiger partial charge in [-0.25, -0.2) is 4.98 Å². The highest BCUT2D eigenvalue weighted by molar-refractivity contribution is 9.10. The van der Waals surface area contributed by atoms with Crippen molar-refractivity contribution >= 4 is 33.4 Å². The third-order valence-corrected chi connectivity index (χ3v) is 3.71. The first-order valence-electron chi connectivity index (χ1n) is 5.91. The van der Waals surface area contributed by atoms with Crippen LogP contribution in [0.2, 0.25) is 5.15 Å². The summed E-state index contributed by atoms with van der Waals surface area (Å²) in [4.78, 5) is 15.9. The van der Waals surface area contributed by atoms with Crippen LogP contribution in [-0.4, -0.2) is 17.4 Å². The largest absolute Gasteiger partial charge is 0.352 e. The first-order valence-corrected chi connectivity index (χ1v) is 7.08. The van der Waals surface area contributed by atoms with E-state index in [1.54, 1.807) is 12.3 Å². The SMILES string of the molecule is O=C(NCC1CC=CCC1)c1cc(Br)cnc1Cl. The third-order valence-electron chi connectivity index (χ3n) is 2.98. The monoisotopic (exact) mass is 328 g/mol. The Kier molecular flexibility index (Phi) is 4.78. The van der Waals surface area contributed by atoms with Gasteiger partial charge in [0.1, 0.15) is 5.15 Å². The summed E-state index contributed by atoms with van der Waals surface area (Å²) >= 11 is 9.19. The molecule has 1 aromatic heterocycles. The predicted octanol–water partition coefficient (Wildman–Crippen LogP) is 3.58. The van der Waals surface area contributed by atoms with Gasteiger partial charge in [-0.05, 0) is 47.2 Å². The van der Waals surface area contributed by atoms with E-state index in [1.165, 1.54) is 0 Å². The molecule has 5 heteroatoms. The van der Waals surface area contributed by atoms with Crippen LogP contribution in [0.15, 0.2) is 28.9 Å². The Morgan fingerprint density at radius 2 is 2.39 bits per heavy atom. The minimum Gasteiger partial charge on any atom is -0.352 e. The van der Waals surface area contributed by atoms with Crippen LogP contribution in [-0.2, 0) is 0 Å². The molecule has 0 aromatic carbocycles. The zero-order chi connectivity index (χ0) is 13.0. The van der Waals surface area contributed by atoms with Gasteiger partial charge in [0.25, 0.3) is 5.91 Å². The number of halogens is 2. The summed E-state index contributed by atoms with van der Waals surface area (Å²) in [7, 11) is 0. The summed E-state index contributed by atoms with van der Waals surface area (Å²) < 4.78 is 0.748. The molecule has 1 atom stereocenters. The zero-order valence-corrected chi connectivity index (χ0v) is 12.2. The number of allylic oxidation sites excluding steroid dienone is 2. The summed E-state index contributed by atoms with van der Waals surface area (Å²) in [6, 6.07) is 1.69. The first kappa shape index (κ1) is 13.6. The number of rotatable bonds is 3. The molecule has 0 bridgehead atoms. The van der Waals surface area contributed by atoms with Crippen LogP contribution in [0.3, 0.4) is 0 Å². The molecule has 0 radical (unpaired) electrons. The van der Waals surface area contributed by atoms with E-state index in [9.17, 15) is 4.79 Å². The van der Waals surface area contributed by atoms with Gasteiger partial charge in [0, 0.05) is 17.2 Å². The van der Waals surface area contributed by atoms with Crippen LogP contribution in [0.5, 0.6) is 0 Å². The lowest BCUT2D eigenvalue weighted by molar-refractivity contribution is 0.0946. The average molecular weight is 330 g/mol. The molecule has 0 saturated heterocycles.